The Bertz CT molecular complexity index is 531. The molecule has 16 heavy (non-hydrogen) atoms. The van der Waals surface area contributed by atoms with Crippen molar-refractivity contribution in [3.63, 3.8) is 0 Å². The molecular weight excluding hydrogens is 200 g/mol. The number of rotatable bonds is 2. The van der Waals surface area contributed by atoms with Gasteiger partial charge in [0.25, 0.3) is 0 Å². The maximum atomic E-state index is 8.75. The molecule has 2 aromatic rings. The lowest BCUT2D eigenvalue weighted by Gasteiger charge is -2.04. The fraction of sp³-hybridized carbons (Fsp3) is 0.167. The third-order valence-corrected chi connectivity index (χ3v) is 2.45. The number of anilines is 1. The van der Waals surface area contributed by atoms with Gasteiger partial charge in [-0.1, -0.05) is 29.8 Å². The minimum absolute atomic E-state index is 0.420. The highest BCUT2D eigenvalue weighted by atomic mass is 15.3. The van der Waals surface area contributed by atoms with Crippen LogP contribution in [-0.4, -0.2) is 9.78 Å². The molecule has 1 heterocycles. The monoisotopic (exact) mass is 212 g/mol. The molecule has 0 aliphatic rings. The topological polar surface area (TPSA) is 67.6 Å². The molecule has 4 nitrogen and oxygen atoms in total. The summed E-state index contributed by atoms with van der Waals surface area (Å²) in [5, 5.41) is 12.8. The van der Waals surface area contributed by atoms with E-state index in [1.807, 2.05) is 37.3 Å². The summed E-state index contributed by atoms with van der Waals surface area (Å²) in [7, 11) is 0. The first-order chi connectivity index (χ1) is 7.70. The molecule has 0 unspecified atom stereocenters. The second-order valence-corrected chi connectivity index (χ2v) is 3.70. The molecule has 0 saturated heterocycles. The smallest absolute Gasteiger partial charge is 0.140 e. The summed E-state index contributed by atoms with van der Waals surface area (Å²) in [6.45, 7) is 2.63. The van der Waals surface area contributed by atoms with Gasteiger partial charge in [-0.05, 0) is 12.5 Å². The zero-order valence-corrected chi connectivity index (χ0v) is 9.01. The van der Waals surface area contributed by atoms with Crippen molar-refractivity contribution < 1.29 is 0 Å². The molecule has 0 aliphatic heterocycles. The van der Waals surface area contributed by atoms with Gasteiger partial charge >= 0.3 is 0 Å². The maximum absolute atomic E-state index is 8.75. The maximum Gasteiger partial charge on any atom is 0.140 e. The first-order valence-electron chi connectivity index (χ1n) is 4.97. The Labute approximate surface area is 93.9 Å². The average Bonchev–Trinajstić information content (AvgIpc) is 2.63. The predicted octanol–water partition coefficient (Wildman–Crippen LogP) is 1.69. The van der Waals surface area contributed by atoms with Gasteiger partial charge in [0.05, 0.1) is 12.7 Å². The molecule has 2 rings (SSSR count). The number of hydrogen-bond acceptors (Lipinski definition) is 3. The second kappa shape index (κ2) is 4.07. The lowest BCUT2D eigenvalue weighted by molar-refractivity contribution is 0.697. The van der Waals surface area contributed by atoms with E-state index in [1.54, 1.807) is 4.68 Å². The Kier molecular flexibility index (Phi) is 2.61. The molecule has 0 aliphatic carbocycles. The van der Waals surface area contributed by atoms with E-state index in [0.29, 0.717) is 17.9 Å². The molecule has 0 atom stereocenters. The highest BCUT2D eigenvalue weighted by Gasteiger charge is 2.06. The van der Waals surface area contributed by atoms with Crippen molar-refractivity contribution in [1.29, 1.82) is 5.26 Å². The van der Waals surface area contributed by atoms with Crippen molar-refractivity contribution in [3.8, 4) is 6.07 Å². The van der Waals surface area contributed by atoms with Crippen molar-refractivity contribution in [1.82, 2.24) is 9.78 Å². The molecule has 0 fully saturated rings. The van der Waals surface area contributed by atoms with Gasteiger partial charge in [0.15, 0.2) is 0 Å². The zero-order valence-electron chi connectivity index (χ0n) is 9.01. The van der Waals surface area contributed by atoms with Gasteiger partial charge in [-0.25, -0.2) is 4.68 Å². The molecule has 4 heteroatoms. The van der Waals surface area contributed by atoms with Gasteiger partial charge in [0.1, 0.15) is 17.5 Å². The number of aromatic nitrogens is 2. The number of benzene rings is 1. The van der Waals surface area contributed by atoms with Crippen molar-refractivity contribution >= 4 is 5.82 Å². The minimum Gasteiger partial charge on any atom is -0.383 e. The third kappa shape index (κ3) is 1.89. The van der Waals surface area contributed by atoms with Crippen molar-refractivity contribution in [2.75, 3.05) is 5.73 Å². The van der Waals surface area contributed by atoms with Crippen LogP contribution in [0.5, 0.6) is 0 Å². The number of nitriles is 1. The Morgan fingerprint density at radius 3 is 2.62 bits per heavy atom. The van der Waals surface area contributed by atoms with Crippen molar-refractivity contribution in [2.24, 2.45) is 0 Å². The summed E-state index contributed by atoms with van der Waals surface area (Å²) in [5.74, 6) is 0.420. The highest BCUT2D eigenvalue weighted by Crippen LogP contribution is 2.12. The summed E-state index contributed by atoms with van der Waals surface area (Å²) >= 11 is 0. The minimum atomic E-state index is 0.420. The fourth-order valence-corrected chi connectivity index (χ4v) is 1.47. The Hall–Kier alpha value is -2.28. The largest absolute Gasteiger partial charge is 0.383 e. The van der Waals surface area contributed by atoms with Crippen LogP contribution < -0.4 is 5.73 Å². The zero-order chi connectivity index (χ0) is 11.5. The van der Waals surface area contributed by atoms with Crippen LogP contribution in [-0.2, 0) is 6.54 Å². The SMILES string of the molecule is Cc1ccc(Cn2ncc(C#N)c2N)cc1. The predicted molar refractivity (Wildman–Crippen MR) is 61.6 cm³/mol. The van der Waals surface area contributed by atoms with E-state index in [1.165, 1.54) is 11.8 Å². The summed E-state index contributed by atoms with van der Waals surface area (Å²) in [6.07, 6.45) is 1.49. The Morgan fingerprint density at radius 2 is 2.06 bits per heavy atom. The van der Waals surface area contributed by atoms with Crippen molar-refractivity contribution in [2.45, 2.75) is 13.5 Å². The third-order valence-electron chi connectivity index (χ3n) is 2.45. The second-order valence-electron chi connectivity index (χ2n) is 3.70. The molecule has 0 spiro atoms. The van der Waals surface area contributed by atoms with Crippen LogP contribution in [0.4, 0.5) is 5.82 Å². The standard InChI is InChI=1S/C12H12N4/c1-9-2-4-10(5-3-9)8-16-12(14)11(6-13)7-15-16/h2-5,7H,8,14H2,1H3. The first-order valence-corrected chi connectivity index (χ1v) is 4.97. The first kappa shape index (κ1) is 10.2. The van der Waals surface area contributed by atoms with E-state index < -0.39 is 0 Å². The van der Waals surface area contributed by atoms with Crippen LogP contribution in [0.2, 0.25) is 0 Å². The van der Waals surface area contributed by atoms with Gasteiger partial charge in [0.2, 0.25) is 0 Å². The van der Waals surface area contributed by atoms with Crippen LogP contribution in [0.1, 0.15) is 16.7 Å². The molecule has 0 radical (unpaired) electrons. The lowest BCUT2D eigenvalue weighted by Crippen LogP contribution is -2.06. The molecule has 80 valence electrons. The van der Waals surface area contributed by atoms with Gasteiger partial charge in [0, 0.05) is 0 Å². The van der Waals surface area contributed by atoms with Crippen LogP contribution in [0.25, 0.3) is 0 Å². The normalized spacial score (nSPS) is 10.0. The summed E-state index contributed by atoms with van der Waals surface area (Å²) in [4.78, 5) is 0. The van der Waals surface area contributed by atoms with E-state index in [0.717, 1.165) is 5.56 Å². The summed E-state index contributed by atoms with van der Waals surface area (Å²) in [6, 6.07) is 10.1. The number of nitrogens with zero attached hydrogens (tertiary/aromatic N) is 3. The van der Waals surface area contributed by atoms with E-state index in [9.17, 15) is 0 Å². The summed E-state index contributed by atoms with van der Waals surface area (Å²) in [5.41, 5.74) is 8.53. The quantitative estimate of drug-likeness (QED) is 0.823. The number of aryl methyl sites for hydroxylation is 1. The van der Waals surface area contributed by atoms with Crippen LogP contribution in [0, 0.1) is 18.3 Å². The molecule has 0 bridgehead atoms. The number of nitrogen functional groups attached to an aromatic ring is 1. The molecule has 1 aromatic heterocycles. The molecule has 0 saturated carbocycles. The van der Waals surface area contributed by atoms with Gasteiger partial charge < -0.3 is 5.73 Å². The molecule has 0 amide bonds. The van der Waals surface area contributed by atoms with Crippen molar-refractivity contribution in [3.05, 3.63) is 47.2 Å². The van der Waals surface area contributed by atoms with Gasteiger partial charge in [-0.15, -0.1) is 0 Å². The van der Waals surface area contributed by atoms with E-state index >= 15 is 0 Å². The van der Waals surface area contributed by atoms with E-state index in [2.05, 4.69) is 5.10 Å². The van der Waals surface area contributed by atoms with Crippen LogP contribution in [0.3, 0.4) is 0 Å². The number of hydrogen-bond donors (Lipinski definition) is 1. The van der Waals surface area contributed by atoms with Gasteiger partial charge in [-0.2, -0.15) is 10.4 Å². The Morgan fingerprint density at radius 1 is 1.38 bits per heavy atom. The van der Waals surface area contributed by atoms with E-state index in [-0.39, 0.29) is 0 Å². The molecule has 2 N–H and O–H groups in total. The Balaban J connectivity index is 2.24. The molecule has 1 aromatic carbocycles. The van der Waals surface area contributed by atoms with Crippen LogP contribution in [0.15, 0.2) is 30.5 Å². The van der Waals surface area contributed by atoms with Gasteiger partial charge in [-0.3, -0.25) is 0 Å². The number of nitrogens with two attached hydrogens (primary N) is 1. The summed E-state index contributed by atoms with van der Waals surface area (Å²) < 4.78 is 1.63. The highest BCUT2D eigenvalue weighted by molar-refractivity contribution is 5.47. The lowest BCUT2D eigenvalue weighted by atomic mass is 10.1. The molecular formula is C12H12N4. The van der Waals surface area contributed by atoms with E-state index in [4.69, 9.17) is 11.0 Å². The average molecular weight is 212 g/mol. The fourth-order valence-electron chi connectivity index (χ4n) is 1.47. The van der Waals surface area contributed by atoms with Crippen LogP contribution >= 0.6 is 0 Å².